The van der Waals surface area contributed by atoms with Crippen molar-refractivity contribution in [3.63, 3.8) is 0 Å². The van der Waals surface area contributed by atoms with Crippen LogP contribution in [0.1, 0.15) is 19.8 Å². The van der Waals surface area contributed by atoms with Gasteiger partial charge in [0.1, 0.15) is 11.9 Å². The average Bonchev–Trinajstić information content (AvgIpc) is 2.87. The van der Waals surface area contributed by atoms with Gasteiger partial charge in [-0.25, -0.2) is 9.37 Å². The summed E-state index contributed by atoms with van der Waals surface area (Å²) in [5, 5.41) is 2.69. The van der Waals surface area contributed by atoms with Crippen molar-refractivity contribution >= 4 is 22.5 Å². The summed E-state index contributed by atoms with van der Waals surface area (Å²) in [6.45, 7) is 1.88. The highest BCUT2D eigenvalue weighted by atomic mass is 19.1. The molecule has 1 aromatic heterocycles. The first-order valence-electron chi connectivity index (χ1n) is 6.68. The Kier molecular flexibility index (Phi) is 3.42. The molecule has 1 aliphatic rings. The van der Waals surface area contributed by atoms with Crippen LogP contribution in [0, 0.1) is 5.82 Å². The molecule has 21 heavy (non-hydrogen) atoms. The molecular weight excluding hydrogens is 277 g/mol. The van der Waals surface area contributed by atoms with Crippen LogP contribution >= 0.6 is 0 Å². The SMILES string of the molecule is C[C@@H]1CC[C@@H](C(=O)Nc2cc3c(=O)[nH]cnc3cc2F)O1. The number of rotatable bonds is 2. The molecule has 6 nitrogen and oxygen atoms in total. The Balaban J connectivity index is 1.90. The van der Waals surface area contributed by atoms with Crippen molar-refractivity contribution in [2.24, 2.45) is 0 Å². The molecule has 2 heterocycles. The number of hydrogen-bond donors (Lipinski definition) is 2. The molecule has 1 amide bonds. The fraction of sp³-hybridized carbons (Fsp3) is 0.357. The third-order valence-corrected chi connectivity index (χ3v) is 3.51. The summed E-state index contributed by atoms with van der Waals surface area (Å²) in [6, 6.07) is 2.41. The van der Waals surface area contributed by atoms with E-state index in [1.54, 1.807) is 0 Å². The van der Waals surface area contributed by atoms with E-state index in [9.17, 15) is 14.0 Å². The largest absolute Gasteiger partial charge is 0.365 e. The van der Waals surface area contributed by atoms with Gasteiger partial charge in [-0.05, 0) is 25.8 Å². The van der Waals surface area contributed by atoms with Crippen molar-refractivity contribution in [2.45, 2.75) is 32.0 Å². The van der Waals surface area contributed by atoms with Gasteiger partial charge < -0.3 is 15.0 Å². The van der Waals surface area contributed by atoms with E-state index in [-0.39, 0.29) is 28.3 Å². The van der Waals surface area contributed by atoms with Gasteiger partial charge in [-0.15, -0.1) is 0 Å². The van der Waals surface area contributed by atoms with Gasteiger partial charge in [0.2, 0.25) is 0 Å². The molecule has 0 unspecified atom stereocenters. The second-order valence-electron chi connectivity index (χ2n) is 5.08. The molecule has 2 aromatic rings. The third kappa shape index (κ3) is 2.64. The normalized spacial score (nSPS) is 21.6. The van der Waals surface area contributed by atoms with Crippen molar-refractivity contribution in [2.75, 3.05) is 5.32 Å². The number of fused-ring (bicyclic) bond motifs is 1. The van der Waals surface area contributed by atoms with Crippen LogP contribution in [0.4, 0.5) is 10.1 Å². The first-order valence-corrected chi connectivity index (χ1v) is 6.68. The summed E-state index contributed by atoms with van der Waals surface area (Å²) in [7, 11) is 0. The molecule has 1 aromatic carbocycles. The number of benzene rings is 1. The first-order chi connectivity index (χ1) is 10.0. The van der Waals surface area contributed by atoms with Crippen molar-refractivity contribution < 1.29 is 13.9 Å². The molecule has 3 rings (SSSR count). The zero-order valence-corrected chi connectivity index (χ0v) is 11.4. The topological polar surface area (TPSA) is 84.1 Å². The summed E-state index contributed by atoms with van der Waals surface area (Å²) in [5.41, 5.74) is -0.199. The number of carbonyl (C=O) groups excluding carboxylic acids is 1. The second kappa shape index (κ2) is 5.25. The Hall–Kier alpha value is -2.28. The Morgan fingerprint density at radius 3 is 3.00 bits per heavy atom. The van der Waals surface area contributed by atoms with E-state index in [0.717, 1.165) is 12.5 Å². The molecule has 1 fully saturated rings. The molecule has 0 spiro atoms. The molecule has 0 aliphatic carbocycles. The molecule has 7 heteroatoms. The fourth-order valence-electron chi connectivity index (χ4n) is 2.39. The van der Waals surface area contributed by atoms with Crippen LogP contribution in [0.15, 0.2) is 23.3 Å². The number of aromatic nitrogens is 2. The summed E-state index contributed by atoms with van der Waals surface area (Å²) in [4.78, 5) is 30.0. The maximum absolute atomic E-state index is 14.0. The first kappa shape index (κ1) is 13.7. The standard InChI is InChI=1S/C14H14FN3O3/c1-7-2-3-12(21-7)14(20)18-11-4-8-10(5-9(11)15)16-6-17-13(8)19/h4-7,12H,2-3H2,1H3,(H,18,20)(H,16,17,19)/t7-,12+/m1/s1. The molecule has 0 radical (unpaired) electrons. The van der Waals surface area contributed by atoms with Crippen LogP contribution in [-0.4, -0.2) is 28.1 Å². The van der Waals surface area contributed by atoms with Crippen LogP contribution in [-0.2, 0) is 9.53 Å². The van der Waals surface area contributed by atoms with Crippen LogP contribution in [0.3, 0.4) is 0 Å². The molecule has 1 saturated heterocycles. The molecule has 2 atom stereocenters. The predicted octanol–water partition coefficient (Wildman–Crippen LogP) is 1.57. The van der Waals surface area contributed by atoms with Crippen LogP contribution < -0.4 is 10.9 Å². The minimum atomic E-state index is -0.639. The fourth-order valence-corrected chi connectivity index (χ4v) is 2.39. The summed E-state index contributed by atoms with van der Waals surface area (Å²) in [6.07, 6.45) is 2.04. The van der Waals surface area contributed by atoms with Gasteiger partial charge in [0.15, 0.2) is 0 Å². The lowest BCUT2D eigenvalue weighted by atomic mass is 10.1. The number of H-pyrrole nitrogens is 1. The van der Waals surface area contributed by atoms with Crippen molar-refractivity contribution in [1.29, 1.82) is 0 Å². The van der Waals surface area contributed by atoms with E-state index < -0.39 is 17.8 Å². The number of amides is 1. The highest BCUT2D eigenvalue weighted by Gasteiger charge is 2.28. The quantitative estimate of drug-likeness (QED) is 0.879. The van der Waals surface area contributed by atoms with Gasteiger partial charge in [0, 0.05) is 6.07 Å². The molecule has 1 aliphatic heterocycles. The summed E-state index contributed by atoms with van der Waals surface area (Å²) in [5.74, 6) is -1.04. The number of hydrogen-bond acceptors (Lipinski definition) is 4. The Morgan fingerprint density at radius 1 is 1.48 bits per heavy atom. The maximum atomic E-state index is 14.0. The Labute approximate surface area is 119 Å². The Morgan fingerprint density at radius 2 is 2.29 bits per heavy atom. The van der Waals surface area contributed by atoms with Crippen molar-refractivity contribution in [3.8, 4) is 0 Å². The highest BCUT2D eigenvalue weighted by Crippen LogP contribution is 2.23. The zero-order chi connectivity index (χ0) is 15.0. The van der Waals surface area contributed by atoms with E-state index in [1.807, 2.05) is 6.92 Å². The highest BCUT2D eigenvalue weighted by molar-refractivity contribution is 5.96. The van der Waals surface area contributed by atoms with E-state index in [4.69, 9.17) is 4.74 Å². The van der Waals surface area contributed by atoms with Gasteiger partial charge in [-0.2, -0.15) is 0 Å². The van der Waals surface area contributed by atoms with Gasteiger partial charge >= 0.3 is 0 Å². The number of anilines is 1. The zero-order valence-electron chi connectivity index (χ0n) is 11.4. The van der Waals surface area contributed by atoms with Gasteiger partial charge in [-0.3, -0.25) is 9.59 Å². The predicted molar refractivity (Wildman–Crippen MR) is 74.5 cm³/mol. The minimum Gasteiger partial charge on any atom is -0.365 e. The van der Waals surface area contributed by atoms with E-state index >= 15 is 0 Å². The van der Waals surface area contributed by atoms with E-state index in [2.05, 4.69) is 15.3 Å². The molecular formula is C14H14FN3O3. The molecule has 0 bridgehead atoms. The lowest BCUT2D eigenvalue weighted by molar-refractivity contribution is -0.126. The summed E-state index contributed by atoms with van der Waals surface area (Å²) >= 11 is 0. The van der Waals surface area contributed by atoms with Crippen molar-refractivity contribution in [1.82, 2.24) is 9.97 Å². The average molecular weight is 291 g/mol. The number of nitrogens with zero attached hydrogens (tertiary/aromatic N) is 1. The van der Waals surface area contributed by atoms with Gasteiger partial charge in [-0.1, -0.05) is 0 Å². The number of nitrogens with one attached hydrogen (secondary N) is 2. The maximum Gasteiger partial charge on any atom is 0.258 e. The monoisotopic (exact) mass is 291 g/mol. The summed E-state index contributed by atoms with van der Waals surface area (Å²) < 4.78 is 19.4. The van der Waals surface area contributed by atoms with Gasteiger partial charge in [0.25, 0.3) is 11.5 Å². The van der Waals surface area contributed by atoms with E-state index in [1.165, 1.54) is 12.4 Å². The van der Waals surface area contributed by atoms with Crippen LogP contribution in [0.5, 0.6) is 0 Å². The van der Waals surface area contributed by atoms with Crippen LogP contribution in [0.2, 0.25) is 0 Å². The number of halogens is 1. The molecule has 2 N–H and O–H groups in total. The second-order valence-corrected chi connectivity index (χ2v) is 5.08. The van der Waals surface area contributed by atoms with Crippen LogP contribution in [0.25, 0.3) is 10.9 Å². The third-order valence-electron chi connectivity index (χ3n) is 3.51. The molecule has 110 valence electrons. The lowest BCUT2D eigenvalue weighted by Crippen LogP contribution is -2.28. The van der Waals surface area contributed by atoms with Gasteiger partial charge in [0.05, 0.1) is 29.0 Å². The van der Waals surface area contributed by atoms with E-state index in [0.29, 0.717) is 6.42 Å². The minimum absolute atomic E-state index is 0.0224. The number of aromatic amines is 1. The van der Waals surface area contributed by atoms with Crippen molar-refractivity contribution in [3.05, 3.63) is 34.6 Å². The smallest absolute Gasteiger partial charge is 0.258 e. The number of carbonyl (C=O) groups is 1. The lowest BCUT2D eigenvalue weighted by Gasteiger charge is -2.12. The number of ether oxygens (including phenoxy) is 1. The Bertz CT molecular complexity index is 759. The molecule has 0 saturated carbocycles.